The number of carbonyl (C=O) groups excluding carboxylic acids is 2. The Morgan fingerprint density at radius 1 is 1.19 bits per heavy atom. The van der Waals surface area contributed by atoms with Crippen molar-refractivity contribution in [3.05, 3.63) is 0 Å². The smallest absolute Gasteiger partial charge is 0.223 e. The molecular weight excluding hydrogens is 292 g/mol. The number of nitrogens with two attached hydrogens (primary N) is 1. The number of piperidine rings is 1. The molecule has 6 nitrogen and oxygen atoms in total. The van der Waals surface area contributed by atoms with Gasteiger partial charge >= 0.3 is 0 Å². The number of halogens is 1. The molecule has 1 unspecified atom stereocenters. The van der Waals surface area contributed by atoms with E-state index in [1.54, 1.807) is 0 Å². The van der Waals surface area contributed by atoms with Crippen molar-refractivity contribution in [2.24, 2.45) is 11.7 Å². The van der Waals surface area contributed by atoms with E-state index < -0.39 is 0 Å². The molecule has 122 valence electrons. The van der Waals surface area contributed by atoms with Crippen molar-refractivity contribution in [1.82, 2.24) is 15.1 Å². The van der Waals surface area contributed by atoms with E-state index in [1.807, 2.05) is 4.90 Å². The van der Waals surface area contributed by atoms with Gasteiger partial charge in [-0.05, 0) is 25.3 Å². The molecule has 0 aromatic rings. The van der Waals surface area contributed by atoms with Crippen LogP contribution in [-0.4, -0.2) is 67.4 Å². The van der Waals surface area contributed by atoms with Gasteiger partial charge in [-0.3, -0.25) is 9.59 Å². The molecule has 7 heteroatoms. The van der Waals surface area contributed by atoms with Crippen LogP contribution in [0.25, 0.3) is 0 Å². The van der Waals surface area contributed by atoms with Gasteiger partial charge in [0.1, 0.15) is 0 Å². The van der Waals surface area contributed by atoms with E-state index in [1.165, 1.54) is 0 Å². The van der Waals surface area contributed by atoms with Crippen molar-refractivity contribution in [2.45, 2.75) is 25.7 Å². The number of hydrogen-bond acceptors (Lipinski definition) is 4. The van der Waals surface area contributed by atoms with Crippen LogP contribution in [0.4, 0.5) is 0 Å². The number of nitrogens with one attached hydrogen (secondary N) is 1. The van der Waals surface area contributed by atoms with Crippen LogP contribution in [-0.2, 0) is 9.59 Å². The standard InChI is InChI=1S/C14H26N4O2.ClH/c15-13(19)10-12-2-1-6-17(11-12)7-3-14(20)18-8-4-16-5-9-18;/h12,16H,1-11H2,(H2,15,19);1H. The third kappa shape index (κ3) is 6.20. The van der Waals surface area contributed by atoms with Crippen LogP contribution in [0.2, 0.25) is 0 Å². The van der Waals surface area contributed by atoms with Gasteiger partial charge in [0.05, 0.1) is 0 Å². The molecule has 2 amide bonds. The molecule has 0 aliphatic carbocycles. The van der Waals surface area contributed by atoms with E-state index in [0.29, 0.717) is 18.8 Å². The Hall–Kier alpha value is -0.850. The van der Waals surface area contributed by atoms with E-state index in [-0.39, 0.29) is 24.2 Å². The largest absolute Gasteiger partial charge is 0.370 e. The molecular formula is C14H27ClN4O2. The molecule has 0 spiro atoms. The van der Waals surface area contributed by atoms with Gasteiger partial charge in [-0.25, -0.2) is 0 Å². The van der Waals surface area contributed by atoms with Crippen LogP contribution in [0.15, 0.2) is 0 Å². The van der Waals surface area contributed by atoms with Gasteiger partial charge in [0.25, 0.3) is 0 Å². The Morgan fingerprint density at radius 3 is 2.57 bits per heavy atom. The molecule has 0 saturated carbocycles. The first-order chi connectivity index (χ1) is 9.65. The summed E-state index contributed by atoms with van der Waals surface area (Å²) < 4.78 is 0. The lowest BCUT2D eigenvalue weighted by atomic mass is 9.94. The molecule has 2 rings (SSSR count). The first-order valence-corrected chi connectivity index (χ1v) is 7.64. The van der Waals surface area contributed by atoms with Crippen LogP contribution in [0.1, 0.15) is 25.7 Å². The summed E-state index contributed by atoms with van der Waals surface area (Å²) in [4.78, 5) is 27.3. The fourth-order valence-corrected chi connectivity index (χ4v) is 3.13. The second kappa shape index (κ2) is 9.23. The third-order valence-corrected chi connectivity index (χ3v) is 4.20. The molecule has 2 saturated heterocycles. The molecule has 0 bridgehead atoms. The van der Waals surface area contributed by atoms with Gasteiger partial charge in [-0.2, -0.15) is 0 Å². The second-order valence-corrected chi connectivity index (χ2v) is 5.86. The molecule has 2 heterocycles. The zero-order valence-electron chi connectivity index (χ0n) is 12.6. The van der Waals surface area contributed by atoms with E-state index in [4.69, 9.17) is 5.73 Å². The van der Waals surface area contributed by atoms with Gasteiger partial charge in [0, 0.05) is 52.1 Å². The fourth-order valence-electron chi connectivity index (χ4n) is 3.13. The molecule has 0 aromatic heterocycles. The predicted molar refractivity (Wildman–Crippen MR) is 84.3 cm³/mol. The average molecular weight is 319 g/mol. The molecule has 21 heavy (non-hydrogen) atoms. The monoisotopic (exact) mass is 318 g/mol. The summed E-state index contributed by atoms with van der Waals surface area (Å²) in [6, 6.07) is 0. The summed E-state index contributed by atoms with van der Waals surface area (Å²) in [7, 11) is 0. The van der Waals surface area contributed by atoms with Crippen molar-refractivity contribution in [1.29, 1.82) is 0 Å². The number of rotatable bonds is 5. The van der Waals surface area contributed by atoms with Crippen LogP contribution in [0, 0.1) is 5.92 Å². The Balaban J connectivity index is 0.00000220. The van der Waals surface area contributed by atoms with Gasteiger partial charge in [0.15, 0.2) is 0 Å². The maximum atomic E-state index is 12.1. The number of amides is 2. The number of carbonyl (C=O) groups is 2. The van der Waals surface area contributed by atoms with Crippen molar-refractivity contribution in [3.63, 3.8) is 0 Å². The predicted octanol–water partition coefficient (Wildman–Crippen LogP) is -0.182. The van der Waals surface area contributed by atoms with Crippen LogP contribution >= 0.6 is 12.4 Å². The zero-order valence-corrected chi connectivity index (χ0v) is 13.4. The molecule has 2 fully saturated rings. The highest BCUT2D eigenvalue weighted by atomic mass is 35.5. The average Bonchev–Trinajstić information content (AvgIpc) is 2.45. The van der Waals surface area contributed by atoms with Crippen molar-refractivity contribution < 1.29 is 9.59 Å². The van der Waals surface area contributed by atoms with Gasteiger partial charge in [0.2, 0.25) is 11.8 Å². The highest BCUT2D eigenvalue weighted by Crippen LogP contribution is 2.19. The lowest BCUT2D eigenvalue weighted by Gasteiger charge is -2.33. The summed E-state index contributed by atoms with van der Waals surface area (Å²) in [6.07, 6.45) is 3.23. The third-order valence-electron chi connectivity index (χ3n) is 4.20. The molecule has 2 aliphatic heterocycles. The van der Waals surface area contributed by atoms with Crippen LogP contribution < -0.4 is 11.1 Å². The lowest BCUT2D eigenvalue weighted by molar-refractivity contribution is -0.132. The first-order valence-electron chi connectivity index (χ1n) is 7.64. The summed E-state index contributed by atoms with van der Waals surface area (Å²) in [5.74, 6) is 0.410. The van der Waals surface area contributed by atoms with Crippen molar-refractivity contribution in [2.75, 3.05) is 45.8 Å². The van der Waals surface area contributed by atoms with E-state index in [0.717, 1.165) is 58.7 Å². The van der Waals surface area contributed by atoms with Crippen LogP contribution in [0.5, 0.6) is 0 Å². The zero-order chi connectivity index (χ0) is 14.4. The minimum Gasteiger partial charge on any atom is -0.370 e. The Kier molecular flexibility index (Phi) is 8.00. The summed E-state index contributed by atoms with van der Waals surface area (Å²) in [5.41, 5.74) is 5.26. The Morgan fingerprint density at radius 2 is 1.90 bits per heavy atom. The molecule has 0 radical (unpaired) electrons. The highest BCUT2D eigenvalue weighted by molar-refractivity contribution is 5.85. The number of primary amides is 1. The molecule has 0 aromatic carbocycles. The number of likely N-dealkylation sites (tertiary alicyclic amines) is 1. The van der Waals surface area contributed by atoms with Gasteiger partial charge in [-0.1, -0.05) is 0 Å². The Labute approximate surface area is 132 Å². The topological polar surface area (TPSA) is 78.7 Å². The summed E-state index contributed by atoms with van der Waals surface area (Å²) in [5, 5.41) is 3.25. The lowest BCUT2D eigenvalue weighted by Crippen LogP contribution is -2.47. The van der Waals surface area contributed by atoms with Gasteiger partial charge in [-0.15, -0.1) is 12.4 Å². The molecule has 1 atom stereocenters. The molecule has 2 aliphatic rings. The van der Waals surface area contributed by atoms with Gasteiger partial charge < -0.3 is 20.9 Å². The minimum atomic E-state index is -0.214. The number of piperazine rings is 1. The maximum absolute atomic E-state index is 12.1. The van der Waals surface area contributed by atoms with Crippen LogP contribution in [0.3, 0.4) is 0 Å². The normalized spacial score (nSPS) is 23.4. The van der Waals surface area contributed by atoms with Crippen molar-refractivity contribution in [3.8, 4) is 0 Å². The fraction of sp³-hybridized carbons (Fsp3) is 0.857. The van der Waals surface area contributed by atoms with E-state index in [9.17, 15) is 9.59 Å². The van der Waals surface area contributed by atoms with E-state index in [2.05, 4.69) is 10.2 Å². The first kappa shape index (κ1) is 18.2. The maximum Gasteiger partial charge on any atom is 0.223 e. The second-order valence-electron chi connectivity index (χ2n) is 5.86. The number of nitrogens with zero attached hydrogens (tertiary/aromatic N) is 2. The van der Waals surface area contributed by atoms with E-state index >= 15 is 0 Å². The van der Waals surface area contributed by atoms with Crippen molar-refractivity contribution >= 4 is 24.2 Å². The SMILES string of the molecule is Cl.NC(=O)CC1CCCN(CCC(=O)N2CCNCC2)C1. The minimum absolute atomic E-state index is 0. The Bertz CT molecular complexity index is 348. The quantitative estimate of drug-likeness (QED) is 0.737. The summed E-state index contributed by atoms with van der Waals surface area (Å²) in [6.45, 7) is 6.18. The summed E-state index contributed by atoms with van der Waals surface area (Å²) >= 11 is 0. The highest BCUT2D eigenvalue weighted by Gasteiger charge is 2.23. The molecule has 3 N–H and O–H groups in total. The number of hydrogen-bond donors (Lipinski definition) is 2.